The third kappa shape index (κ3) is 3.20. The summed E-state index contributed by atoms with van der Waals surface area (Å²) in [5, 5.41) is 12.4. The Hall–Kier alpha value is -1.62. The molecule has 1 aliphatic heterocycles. The number of nitrogens with zero attached hydrogens (tertiary/aromatic N) is 2. The van der Waals surface area contributed by atoms with Crippen molar-refractivity contribution in [3.8, 4) is 5.75 Å². The van der Waals surface area contributed by atoms with E-state index >= 15 is 0 Å². The van der Waals surface area contributed by atoms with Gasteiger partial charge in [0.25, 0.3) is 5.91 Å². The van der Waals surface area contributed by atoms with Gasteiger partial charge in [0.15, 0.2) is 0 Å². The van der Waals surface area contributed by atoms with E-state index in [1.54, 1.807) is 0 Å². The molecule has 18 heavy (non-hydrogen) atoms. The molecule has 1 amide bonds. The van der Waals surface area contributed by atoms with Crippen molar-refractivity contribution in [1.29, 1.82) is 0 Å². The van der Waals surface area contributed by atoms with Crippen LogP contribution in [0.1, 0.15) is 23.2 Å². The van der Waals surface area contributed by atoms with Crippen molar-refractivity contribution in [2.24, 2.45) is 5.92 Å². The number of carbonyl (C=O) groups excluding carboxylic acids is 1. The predicted octanol–water partition coefficient (Wildman–Crippen LogP) is 0.859. The SMILES string of the molecule is CN1CCC(CNC(=O)c2ccncc2O)CC1. The van der Waals surface area contributed by atoms with E-state index in [1.807, 2.05) is 0 Å². The summed E-state index contributed by atoms with van der Waals surface area (Å²) < 4.78 is 0. The number of piperidine rings is 1. The van der Waals surface area contributed by atoms with Gasteiger partial charge in [-0.2, -0.15) is 0 Å². The average molecular weight is 249 g/mol. The number of amides is 1. The first-order valence-electron chi connectivity index (χ1n) is 6.26. The van der Waals surface area contributed by atoms with Gasteiger partial charge in [-0.25, -0.2) is 0 Å². The largest absolute Gasteiger partial charge is 0.505 e. The number of likely N-dealkylation sites (tertiary alicyclic amines) is 1. The number of aromatic nitrogens is 1. The van der Waals surface area contributed by atoms with E-state index < -0.39 is 0 Å². The summed E-state index contributed by atoms with van der Waals surface area (Å²) in [7, 11) is 2.11. The molecule has 0 aliphatic carbocycles. The van der Waals surface area contributed by atoms with E-state index in [1.165, 1.54) is 18.5 Å². The lowest BCUT2D eigenvalue weighted by Crippen LogP contribution is -2.36. The quantitative estimate of drug-likeness (QED) is 0.834. The Balaban J connectivity index is 1.84. The van der Waals surface area contributed by atoms with Crippen molar-refractivity contribution in [2.75, 3.05) is 26.7 Å². The third-order valence-electron chi connectivity index (χ3n) is 3.43. The number of rotatable bonds is 3. The molecule has 2 heterocycles. The molecular formula is C13H19N3O2. The second-order valence-corrected chi connectivity index (χ2v) is 4.85. The zero-order valence-corrected chi connectivity index (χ0v) is 10.6. The first-order valence-corrected chi connectivity index (χ1v) is 6.26. The van der Waals surface area contributed by atoms with Crippen LogP contribution in [0.15, 0.2) is 18.5 Å². The topological polar surface area (TPSA) is 65.5 Å². The predicted molar refractivity (Wildman–Crippen MR) is 68.5 cm³/mol. The first kappa shape index (κ1) is 12.8. The van der Waals surface area contributed by atoms with Crippen LogP contribution in [0, 0.1) is 5.92 Å². The van der Waals surface area contributed by atoms with Crippen molar-refractivity contribution in [3.63, 3.8) is 0 Å². The molecule has 2 N–H and O–H groups in total. The third-order valence-corrected chi connectivity index (χ3v) is 3.43. The number of carbonyl (C=O) groups is 1. The number of nitrogens with one attached hydrogen (secondary N) is 1. The lowest BCUT2D eigenvalue weighted by Gasteiger charge is -2.28. The summed E-state index contributed by atoms with van der Waals surface area (Å²) in [5.41, 5.74) is 0.290. The van der Waals surface area contributed by atoms with Crippen molar-refractivity contribution in [2.45, 2.75) is 12.8 Å². The van der Waals surface area contributed by atoms with E-state index in [0.717, 1.165) is 25.9 Å². The highest BCUT2D eigenvalue weighted by molar-refractivity contribution is 5.96. The molecule has 5 nitrogen and oxygen atoms in total. The van der Waals surface area contributed by atoms with Crippen molar-refractivity contribution < 1.29 is 9.90 Å². The molecule has 0 aromatic carbocycles. The number of aromatic hydroxyl groups is 1. The summed E-state index contributed by atoms with van der Waals surface area (Å²) in [4.78, 5) is 17.9. The molecule has 1 aliphatic rings. The van der Waals surface area contributed by atoms with E-state index in [0.29, 0.717) is 12.5 Å². The molecule has 1 saturated heterocycles. The van der Waals surface area contributed by atoms with E-state index in [2.05, 4.69) is 22.2 Å². The standard InChI is InChI=1S/C13H19N3O2/c1-16-6-3-10(4-7-16)8-15-13(18)11-2-5-14-9-12(11)17/h2,5,9-10,17H,3-4,6-8H2,1H3,(H,15,18). The van der Waals surface area contributed by atoms with E-state index in [9.17, 15) is 9.90 Å². The Labute approximate surface area is 107 Å². The Bertz CT molecular complexity index is 414. The van der Waals surface area contributed by atoms with Crippen LogP contribution in [0.25, 0.3) is 0 Å². The zero-order valence-electron chi connectivity index (χ0n) is 10.6. The minimum absolute atomic E-state index is 0.0709. The number of hydrogen-bond donors (Lipinski definition) is 2. The van der Waals surface area contributed by atoms with Crippen molar-refractivity contribution in [1.82, 2.24) is 15.2 Å². The molecule has 0 saturated carbocycles. The summed E-state index contributed by atoms with van der Waals surface area (Å²) in [6.45, 7) is 2.84. The van der Waals surface area contributed by atoms with Gasteiger partial charge in [-0.05, 0) is 45.0 Å². The molecule has 5 heteroatoms. The maximum atomic E-state index is 11.9. The molecule has 0 bridgehead atoms. The van der Waals surface area contributed by atoms with Gasteiger partial charge in [0.05, 0.1) is 11.8 Å². The fraction of sp³-hybridized carbons (Fsp3) is 0.538. The molecule has 0 spiro atoms. The van der Waals surface area contributed by atoms with Crippen LogP contribution in [0.5, 0.6) is 5.75 Å². The summed E-state index contributed by atoms with van der Waals surface area (Å²) in [6.07, 6.45) is 5.01. The zero-order chi connectivity index (χ0) is 13.0. The van der Waals surface area contributed by atoms with Crippen LogP contribution in [-0.2, 0) is 0 Å². The fourth-order valence-electron chi connectivity index (χ4n) is 2.18. The molecule has 0 atom stereocenters. The average Bonchev–Trinajstić information content (AvgIpc) is 2.38. The Morgan fingerprint density at radius 1 is 1.56 bits per heavy atom. The Kier molecular flexibility index (Phi) is 4.15. The smallest absolute Gasteiger partial charge is 0.255 e. The molecule has 2 rings (SSSR count). The van der Waals surface area contributed by atoms with Gasteiger partial charge in [0, 0.05) is 12.7 Å². The molecule has 1 aromatic heterocycles. The molecule has 1 aromatic rings. The van der Waals surface area contributed by atoms with E-state index in [4.69, 9.17) is 0 Å². The highest BCUT2D eigenvalue weighted by atomic mass is 16.3. The fourth-order valence-corrected chi connectivity index (χ4v) is 2.18. The number of pyridine rings is 1. The molecule has 1 fully saturated rings. The lowest BCUT2D eigenvalue weighted by atomic mass is 9.97. The monoisotopic (exact) mass is 249 g/mol. The molecule has 0 unspecified atom stereocenters. The summed E-state index contributed by atoms with van der Waals surface area (Å²) >= 11 is 0. The van der Waals surface area contributed by atoms with Gasteiger partial charge in [-0.15, -0.1) is 0 Å². The first-order chi connectivity index (χ1) is 8.66. The van der Waals surface area contributed by atoms with Crippen LogP contribution >= 0.6 is 0 Å². The minimum Gasteiger partial charge on any atom is -0.505 e. The van der Waals surface area contributed by atoms with Gasteiger partial charge in [-0.1, -0.05) is 0 Å². The molecule has 0 radical (unpaired) electrons. The second kappa shape index (κ2) is 5.82. The van der Waals surface area contributed by atoms with Gasteiger partial charge < -0.3 is 15.3 Å². The van der Waals surface area contributed by atoms with Gasteiger partial charge in [0.1, 0.15) is 5.75 Å². The highest BCUT2D eigenvalue weighted by Gasteiger charge is 2.18. The highest BCUT2D eigenvalue weighted by Crippen LogP contribution is 2.16. The summed E-state index contributed by atoms with van der Waals surface area (Å²) in [6, 6.07) is 1.53. The van der Waals surface area contributed by atoms with Crippen LogP contribution in [-0.4, -0.2) is 47.6 Å². The Morgan fingerprint density at radius 3 is 2.94 bits per heavy atom. The lowest BCUT2D eigenvalue weighted by molar-refractivity contribution is 0.0936. The molecule has 98 valence electrons. The van der Waals surface area contributed by atoms with Gasteiger partial charge >= 0.3 is 0 Å². The normalized spacial score (nSPS) is 17.6. The Morgan fingerprint density at radius 2 is 2.28 bits per heavy atom. The van der Waals surface area contributed by atoms with E-state index in [-0.39, 0.29) is 17.2 Å². The van der Waals surface area contributed by atoms with Crippen LogP contribution in [0.3, 0.4) is 0 Å². The van der Waals surface area contributed by atoms with Crippen LogP contribution in [0.4, 0.5) is 0 Å². The van der Waals surface area contributed by atoms with Gasteiger partial charge in [0.2, 0.25) is 0 Å². The van der Waals surface area contributed by atoms with Crippen molar-refractivity contribution in [3.05, 3.63) is 24.0 Å². The van der Waals surface area contributed by atoms with Gasteiger partial charge in [-0.3, -0.25) is 9.78 Å². The van der Waals surface area contributed by atoms with Crippen LogP contribution < -0.4 is 5.32 Å². The minimum atomic E-state index is -0.228. The van der Waals surface area contributed by atoms with Crippen LogP contribution in [0.2, 0.25) is 0 Å². The maximum Gasteiger partial charge on any atom is 0.255 e. The summed E-state index contributed by atoms with van der Waals surface area (Å²) in [5.74, 6) is 0.237. The van der Waals surface area contributed by atoms with Crippen molar-refractivity contribution >= 4 is 5.91 Å². The number of hydrogen-bond acceptors (Lipinski definition) is 4. The maximum absolute atomic E-state index is 11.9. The molecular weight excluding hydrogens is 230 g/mol. The second-order valence-electron chi connectivity index (χ2n) is 4.85.